The Balaban J connectivity index is 1.30. The van der Waals surface area contributed by atoms with Crippen molar-refractivity contribution in [3.63, 3.8) is 0 Å². The highest BCUT2D eigenvalue weighted by Gasteiger charge is 2.11. The van der Waals surface area contributed by atoms with Crippen LogP contribution in [-0.4, -0.2) is 45.6 Å². The van der Waals surface area contributed by atoms with Gasteiger partial charge in [0.05, 0.1) is 5.69 Å². The Labute approximate surface area is 153 Å². The number of piperidine rings is 1. The Morgan fingerprint density at radius 3 is 2.92 bits per heavy atom. The lowest BCUT2D eigenvalue weighted by Crippen LogP contribution is -2.31. The first kappa shape index (κ1) is 16.8. The van der Waals surface area contributed by atoms with Crippen molar-refractivity contribution in [3.8, 4) is 11.3 Å². The van der Waals surface area contributed by atoms with Crippen LogP contribution in [0.4, 0.5) is 5.82 Å². The highest BCUT2D eigenvalue weighted by Crippen LogP contribution is 2.24. The van der Waals surface area contributed by atoms with E-state index in [9.17, 15) is 4.79 Å². The quantitative estimate of drug-likeness (QED) is 0.633. The van der Waals surface area contributed by atoms with E-state index in [1.54, 1.807) is 0 Å². The van der Waals surface area contributed by atoms with Gasteiger partial charge in [0.15, 0.2) is 5.82 Å². The fraction of sp³-hybridized carbons (Fsp3) is 0.400. The molecule has 1 saturated heterocycles. The van der Waals surface area contributed by atoms with Crippen LogP contribution in [0.15, 0.2) is 36.5 Å². The van der Waals surface area contributed by atoms with Crippen molar-refractivity contribution in [2.45, 2.75) is 32.1 Å². The summed E-state index contributed by atoms with van der Waals surface area (Å²) < 4.78 is 0. The minimum Gasteiger partial charge on any atom is -0.361 e. The fourth-order valence-corrected chi connectivity index (χ4v) is 3.60. The Hall–Kier alpha value is -2.60. The molecule has 0 radical (unpaired) electrons. The number of nitrogens with one attached hydrogen (secondary N) is 3. The molecule has 2 aromatic heterocycles. The average molecular weight is 351 g/mol. The molecule has 0 saturated carbocycles. The molecule has 1 aliphatic heterocycles. The van der Waals surface area contributed by atoms with Crippen molar-refractivity contribution in [1.82, 2.24) is 20.1 Å². The third-order valence-corrected chi connectivity index (χ3v) is 5.04. The molecule has 4 rings (SSSR count). The van der Waals surface area contributed by atoms with E-state index in [1.807, 2.05) is 24.4 Å². The summed E-state index contributed by atoms with van der Waals surface area (Å²) in [4.78, 5) is 17.8. The number of hydrogen-bond acceptors (Lipinski definition) is 3. The van der Waals surface area contributed by atoms with Gasteiger partial charge in [0.2, 0.25) is 5.91 Å². The number of rotatable bonds is 6. The van der Waals surface area contributed by atoms with Crippen molar-refractivity contribution in [3.05, 3.63) is 36.5 Å². The molecule has 0 atom stereocenters. The second kappa shape index (κ2) is 7.74. The lowest BCUT2D eigenvalue weighted by molar-refractivity contribution is -0.116. The largest absolute Gasteiger partial charge is 0.361 e. The molecule has 0 bridgehead atoms. The van der Waals surface area contributed by atoms with Gasteiger partial charge in [0.25, 0.3) is 0 Å². The van der Waals surface area contributed by atoms with E-state index in [1.165, 1.54) is 37.7 Å². The van der Waals surface area contributed by atoms with E-state index in [0.717, 1.165) is 29.7 Å². The summed E-state index contributed by atoms with van der Waals surface area (Å²) in [6.45, 7) is 3.36. The molecular weight excluding hydrogens is 326 g/mol. The van der Waals surface area contributed by atoms with E-state index < -0.39 is 0 Å². The van der Waals surface area contributed by atoms with E-state index in [0.29, 0.717) is 12.2 Å². The fourth-order valence-electron chi connectivity index (χ4n) is 3.60. The molecule has 3 N–H and O–H groups in total. The van der Waals surface area contributed by atoms with E-state index in [2.05, 4.69) is 37.5 Å². The number of nitrogens with zero attached hydrogens (tertiary/aromatic N) is 2. The van der Waals surface area contributed by atoms with Crippen molar-refractivity contribution >= 4 is 22.6 Å². The van der Waals surface area contributed by atoms with Crippen LogP contribution in [0, 0.1) is 0 Å². The second-order valence-corrected chi connectivity index (χ2v) is 7.00. The number of carbonyl (C=O) groups is 1. The van der Waals surface area contributed by atoms with Crippen LogP contribution in [-0.2, 0) is 4.79 Å². The molecule has 6 heteroatoms. The maximum atomic E-state index is 12.2. The molecule has 0 unspecified atom stereocenters. The summed E-state index contributed by atoms with van der Waals surface area (Å²) >= 11 is 0. The minimum atomic E-state index is 0.0277. The Morgan fingerprint density at radius 1 is 1.15 bits per heavy atom. The third-order valence-electron chi connectivity index (χ3n) is 5.04. The van der Waals surface area contributed by atoms with Crippen molar-refractivity contribution < 1.29 is 4.79 Å². The van der Waals surface area contributed by atoms with Crippen LogP contribution in [0.2, 0.25) is 0 Å². The number of amides is 1. The Morgan fingerprint density at radius 2 is 2.04 bits per heavy atom. The van der Waals surface area contributed by atoms with Gasteiger partial charge in [0.1, 0.15) is 0 Å². The number of aromatic nitrogens is 3. The van der Waals surface area contributed by atoms with Crippen LogP contribution in [0.1, 0.15) is 32.1 Å². The average Bonchev–Trinajstić information content (AvgIpc) is 3.31. The SMILES string of the molecule is O=C(CCCN1CCCCC1)Nc1cc(-c2ccc3cc[nH]c3c2)[nH]n1. The van der Waals surface area contributed by atoms with Crippen molar-refractivity contribution in [1.29, 1.82) is 0 Å². The number of aromatic amines is 2. The van der Waals surface area contributed by atoms with Crippen molar-refractivity contribution in [2.75, 3.05) is 25.0 Å². The minimum absolute atomic E-state index is 0.0277. The highest BCUT2D eigenvalue weighted by atomic mass is 16.1. The van der Waals surface area contributed by atoms with Crippen LogP contribution in [0.5, 0.6) is 0 Å². The van der Waals surface area contributed by atoms with Gasteiger partial charge < -0.3 is 15.2 Å². The maximum absolute atomic E-state index is 12.2. The number of hydrogen-bond donors (Lipinski definition) is 3. The van der Waals surface area contributed by atoms with Crippen LogP contribution in [0.25, 0.3) is 22.2 Å². The number of carbonyl (C=O) groups excluding carboxylic acids is 1. The summed E-state index contributed by atoms with van der Waals surface area (Å²) in [7, 11) is 0. The number of likely N-dealkylation sites (tertiary alicyclic amines) is 1. The molecule has 3 heterocycles. The van der Waals surface area contributed by atoms with Gasteiger partial charge in [-0.25, -0.2) is 0 Å². The molecule has 26 heavy (non-hydrogen) atoms. The lowest BCUT2D eigenvalue weighted by atomic mass is 10.1. The van der Waals surface area contributed by atoms with Crippen molar-refractivity contribution in [2.24, 2.45) is 0 Å². The zero-order chi connectivity index (χ0) is 17.8. The molecular formula is C20H25N5O. The molecule has 0 aliphatic carbocycles. The first-order valence-corrected chi connectivity index (χ1v) is 9.43. The van der Waals surface area contributed by atoms with Crippen LogP contribution in [0.3, 0.4) is 0 Å². The zero-order valence-corrected chi connectivity index (χ0v) is 14.9. The van der Waals surface area contributed by atoms with Gasteiger partial charge in [-0.1, -0.05) is 18.6 Å². The molecule has 1 aliphatic rings. The smallest absolute Gasteiger partial charge is 0.225 e. The van der Waals surface area contributed by atoms with E-state index in [-0.39, 0.29) is 5.91 Å². The molecule has 1 aromatic carbocycles. The van der Waals surface area contributed by atoms with Gasteiger partial charge in [-0.2, -0.15) is 5.10 Å². The lowest BCUT2D eigenvalue weighted by Gasteiger charge is -2.26. The van der Waals surface area contributed by atoms with E-state index >= 15 is 0 Å². The summed E-state index contributed by atoms with van der Waals surface area (Å²) in [6.07, 6.45) is 7.28. The first-order valence-electron chi connectivity index (χ1n) is 9.43. The maximum Gasteiger partial charge on any atom is 0.225 e. The Kier molecular flexibility index (Phi) is 5.02. The summed E-state index contributed by atoms with van der Waals surface area (Å²) in [5, 5.41) is 11.3. The number of H-pyrrole nitrogens is 2. The summed E-state index contributed by atoms with van der Waals surface area (Å²) in [6, 6.07) is 10.1. The number of fused-ring (bicyclic) bond motifs is 1. The number of benzene rings is 1. The third kappa shape index (κ3) is 3.96. The van der Waals surface area contributed by atoms with Gasteiger partial charge in [-0.15, -0.1) is 0 Å². The zero-order valence-electron chi connectivity index (χ0n) is 14.9. The number of anilines is 1. The van der Waals surface area contributed by atoms with Crippen LogP contribution < -0.4 is 5.32 Å². The molecule has 6 nitrogen and oxygen atoms in total. The van der Waals surface area contributed by atoms with Gasteiger partial charge in [-0.05, 0) is 56.4 Å². The van der Waals surface area contributed by atoms with Gasteiger partial charge in [-0.3, -0.25) is 9.89 Å². The molecule has 3 aromatic rings. The predicted molar refractivity (Wildman–Crippen MR) is 104 cm³/mol. The topological polar surface area (TPSA) is 76.8 Å². The molecule has 1 amide bonds. The molecule has 0 spiro atoms. The summed E-state index contributed by atoms with van der Waals surface area (Å²) in [5.41, 5.74) is 3.02. The summed E-state index contributed by atoms with van der Waals surface area (Å²) in [5.74, 6) is 0.606. The monoisotopic (exact) mass is 351 g/mol. The van der Waals surface area contributed by atoms with E-state index in [4.69, 9.17) is 0 Å². The van der Waals surface area contributed by atoms with Crippen LogP contribution >= 0.6 is 0 Å². The first-order chi connectivity index (χ1) is 12.8. The van der Waals surface area contributed by atoms with Gasteiger partial charge in [0, 0.05) is 29.8 Å². The highest BCUT2D eigenvalue weighted by molar-refractivity contribution is 5.90. The second-order valence-electron chi connectivity index (χ2n) is 7.00. The Bertz CT molecular complexity index is 875. The molecule has 1 fully saturated rings. The predicted octanol–water partition coefficient (Wildman–Crippen LogP) is 3.76. The molecule has 136 valence electrons. The normalized spacial score (nSPS) is 15.4. The standard InChI is InChI=1S/C20H25N5O/c26-20(5-4-12-25-10-2-1-3-11-25)22-19-14-18(23-24-19)16-7-6-15-8-9-21-17(15)13-16/h6-9,13-14,21H,1-5,10-12H2,(H2,22,23,24,26). The van der Waals surface area contributed by atoms with Gasteiger partial charge >= 0.3 is 0 Å².